The molecule has 3 aromatic rings. The molecule has 0 atom stereocenters. The Bertz CT molecular complexity index is 1110. The fourth-order valence-corrected chi connectivity index (χ4v) is 3.36. The third-order valence-electron chi connectivity index (χ3n) is 4.55. The van der Waals surface area contributed by atoms with Crippen LogP contribution in [0.5, 0.6) is 0 Å². The molecular formula is C22H20Cl2N4O. The fraction of sp³-hybridized carbons (Fsp3) is 0.136. The lowest BCUT2D eigenvalue weighted by Gasteiger charge is -2.17. The zero-order chi connectivity index (χ0) is 21.1. The van der Waals surface area contributed by atoms with Crippen LogP contribution in [0, 0.1) is 13.8 Å². The van der Waals surface area contributed by atoms with Gasteiger partial charge in [0.05, 0.1) is 16.4 Å². The number of benzene rings is 2. The second-order valence-corrected chi connectivity index (χ2v) is 7.35. The first kappa shape index (κ1) is 20.8. The summed E-state index contributed by atoms with van der Waals surface area (Å²) in [5, 5.41) is 7.02. The summed E-state index contributed by atoms with van der Waals surface area (Å²) in [6.07, 6.45) is 1.64. The van der Waals surface area contributed by atoms with Gasteiger partial charge in [-0.1, -0.05) is 35.8 Å². The molecule has 0 spiro atoms. The Labute approximate surface area is 179 Å². The summed E-state index contributed by atoms with van der Waals surface area (Å²) in [5.41, 5.74) is 5.04. The van der Waals surface area contributed by atoms with Crippen molar-refractivity contribution in [3.8, 4) is 11.3 Å². The van der Waals surface area contributed by atoms with Crippen molar-refractivity contribution in [2.24, 2.45) is 0 Å². The summed E-state index contributed by atoms with van der Waals surface area (Å²) in [6.45, 7) is 7.92. The monoisotopic (exact) mass is 426 g/mol. The average Bonchev–Trinajstić information content (AvgIpc) is 2.72. The van der Waals surface area contributed by atoms with E-state index < -0.39 is 0 Å². The number of nitrogens with one attached hydrogen (secondary N) is 2. The van der Waals surface area contributed by atoms with Crippen LogP contribution < -0.4 is 10.6 Å². The molecule has 7 heteroatoms. The molecule has 0 aliphatic rings. The molecule has 5 nitrogen and oxygen atoms in total. The number of carbonyl (C=O) groups excluding carboxylic acids is 1. The molecule has 0 fully saturated rings. The second kappa shape index (κ2) is 8.64. The molecule has 0 aliphatic heterocycles. The molecule has 0 bridgehead atoms. The first-order valence-electron chi connectivity index (χ1n) is 8.89. The number of amides is 1. The number of aromatic nitrogens is 2. The first-order chi connectivity index (χ1) is 13.8. The van der Waals surface area contributed by atoms with Crippen LogP contribution in [-0.4, -0.2) is 22.9 Å². The highest BCUT2D eigenvalue weighted by atomic mass is 35.5. The van der Waals surface area contributed by atoms with Gasteiger partial charge in [0.1, 0.15) is 0 Å². The number of hydrogen-bond acceptors (Lipinski definition) is 4. The van der Waals surface area contributed by atoms with Crippen molar-refractivity contribution in [1.82, 2.24) is 15.3 Å². The lowest BCUT2D eigenvalue weighted by atomic mass is 10.0. The van der Waals surface area contributed by atoms with Crippen LogP contribution in [0.2, 0.25) is 10.0 Å². The quantitative estimate of drug-likeness (QED) is 0.564. The molecule has 2 aromatic carbocycles. The van der Waals surface area contributed by atoms with Gasteiger partial charge in [-0.25, -0.2) is 9.97 Å². The van der Waals surface area contributed by atoms with Gasteiger partial charge in [-0.2, -0.15) is 0 Å². The van der Waals surface area contributed by atoms with Gasteiger partial charge in [-0.3, -0.25) is 4.79 Å². The molecular weight excluding hydrogens is 407 g/mol. The normalized spacial score (nSPS) is 10.5. The van der Waals surface area contributed by atoms with Gasteiger partial charge < -0.3 is 10.6 Å². The molecule has 29 heavy (non-hydrogen) atoms. The first-order valence-corrected chi connectivity index (χ1v) is 9.64. The number of nitrogens with zero attached hydrogens (tertiary/aromatic N) is 2. The SMILES string of the molecule is C=C(Nc1c(C)ccc(C(=O)NC)c1C)c1nccc(-c2cc(Cl)ccc2Cl)n1. The van der Waals surface area contributed by atoms with Crippen molar-refractivity contribution >= 4 is 40.5 Å². The van der Waals surface area contributed by atoms with E-state index in [-0.39, 0.29) is 5.91 Å². The van der Waals surface area contributed by atoms with Crippen molar-refractivity contribution < 1.29 is 4.79 Å². The summed E-state index contributed by atoms with van der Waals surface area (Å²) in [4.78, 5) is 21.0. The van der Waals surface area contributed by atoms with Gasteiger partial charge in [0.15, 0.2) is 5.82 Å². The summed E-state index contributed by atoms with van der Waals surface area (Å²) in [5.74, 6) is 0.271. The van der Waals surface area contributed by atoms with Gasteiger partial charge >= 0.3 is 0 Å². The molecule has 0 saturated heterocycles. The van der Waals surface area contributed by atoms with E-state index in [9.17, 15) is 4.79 Å². The molecule has 2 N–H and O–H groups in total. The number of aryl methyl sites for hydroxylation is 1. The zero-order valence-corrected chi connectivity index (χ0v) is 17.8. The highest BCUT2D eigenvalue weighted by Gasteiger charge is 2.15. The third-order valence-corrected chi connectivity index (χ3v) is 5.12. The van der Waals surface area contributed by atoms with Crippen LogP contribution >= 0.6 is 23.2 Å². The van der Waals surface area contributed by atoms with Crippen LogP contribution in [0.3, 0.4) is 0 Å². The molecule has 0 aliphatic carbocycles. The standard InChI is InChI=1S/C22H20Cl2N4O/c1-12-5-7-16(22(29)25-4)13(2)20(12)27-14(3)21-26-10-9-19(28-21)17-11-15(23)6-8-18(17)24/h5-11,27H,3H2,1-2,4H3,(H,25,29). The van der Waals surface area contributed by atoms with Crippen molar-refractivity contribution in [2.75, 3.05) is 12.4 Å². The van der Waals surface area contributed by atoms with E-state index in [0.717, 1.165) is 16.8 Å². The third kappa shape index (κ3) is 4.42. The van der Waals surface area contributed by atoms with Crippen LogP contribution in [0.4, 0.5) is 5.69 Å². The number of carbonyl (C=O) groups is 1. The topological polar surface area (TPSA) is 66.9 Å². The van der Waals surface area contributed by atoms with E-state index >= 15 is 0 Å². The van der Waals surface area contributed by atoms with E-state index in [4.69, 9.17) is 23.2 Å². The number of halogens is 2. The van der Waals surface area contributed by atoms with Gasteiger partial charge in [0, 0.05) is 35.1 Å². The maximum Gasteiger partial charge on any atom is 0.251 e. The largest absolute Gasteiger partial charge is 0.355 e. The summed E-state index contributed by atoms with van der Waals surface area (Å²) >= 11 is 12.4. The minimum Gasteiger partial charge on any atom is -0.355 e. The number of hydrogen-bond donors (Lipinski definition) is 2. The highest BCUT2D eigenvalue weighted by Crippen LogP contribution is 2.30. The Kier molecular flexibility index (Phi) is 6.20. The van der Waals surface area contributed by atoms with Crippen molar-refractivity contribution in [3.05, 3.63) is 81.7 Å². The van der Waals surface area contributed by atoms with Crippen molar-refractivity contribution in [3.63, 3.8) is 0 Å². The van der Waals surface area contributed by atoms with E-state index in [0.29, 0.717) is 38.4 Å². The Morgan fingerprint density at radius 3 is 2.59 bits per heavy atom. The molecule has 148 valence electrons. The van der Waals surface area contributed by atoms with Gasteiger partial charge in [-0.05, 0) is 55.3 Å². The Balaban J connectivity index is 1.95. The second-order valence-electron chi connectivity index (χ2n) is 6.50. The predicted octanol–water partition coefficient (Wildman–Crippen LogP) is 5.51. The Hall–Kier alpha value is -2.89. The van der Waals surface area contributed by atoms with E-state index in [2.05, 4.69) is 27.2 Å². The molecule has 0 saturated carbocycles. The van der Waals surface area contributed by atoms with Crippen LogP contribution in [-0.2, 0) is 0 Å². The molecule has 1 amide bonds. The molecule has 0 radical (unpaired) electrons. The summed E-state index contributed by atoms with van der Waals surface area (Å²) < 4.78 is 0. The van der Waals surface area contributed by atoms with Gasteiger partial charge in [0.25, 0.3) is 5.91 Å². The van der Waals surface area contributed by atoms with Gasteiger partial charge in [-0.15, -0.1) is 0 Å². The van der Waals surface area contributed by atoms with Crippen LogP contribution in [0.1, 0.15) is 27.3 Å². The zero-order valence-electron chi connectivity index (χ0n) is 16.3. The lowest BCUT2D eigenvalue weighted by Crippen LogP contribution is -2.19. The Morgan fingerprint density at radius 2 is 1.86 bits per heavy atom. The van der Waals surface area contributed by atoms with Crippen LogP contribution in [0.25, 0.3) is 17.0 Å². The molecule has 1 heterocycles. The molecule has 0 unspecified atom stereocenters. The fourth-order valence-electron chi connectivity index (χ4n) is 2.97. The van der Waals surface area contributed by atoms with Crippen molar-refractivity contribution in [1.29, 1.82) is 0 Å². The maximum atomic E-state index is 12.1. The number of rotatable bonds is 5. The molecule has 1 aromatic heterocycles. The predicted molar refractivity (Wildman–Crippen MR) is 119 cm³/mol. The Morgan fingerprint density at radius 1 is 1.10 bits per heavy atom. The average molecular weight is 427 g/mol. The van der Waals surface area contributed by atoms with E-state index in [1.165, 1.54) is 0 Å². The van der Waals surface area contributed by atoms with E-state index in [1.807, 2.05) is 19.9 Å². The van der Waals surface area contributed by atoms with Crippen LogP contribution in [0.15, 0.2) is 49.2 Å². The summed E-state index contributed by atoms with van der Waals surface area (Å²) in [7, 11) is 1.61. The molecule has 3 rings (SSSR count). The summed E-state index contributed by atoms with van der Waals surface area (Å²) in [6, 6.07) is 10.7. The minimum atomic E-state index is -0.148. The van der Waals surface area contributed by atoms with E-state index in [1.54, 1.807) is 43.6 Å². The smallest absolute Gasteiger partial charge is 0.251 e. The van der Waals surface area contributed by atoms with Gasteiger partial charge in [0.2, 0.25) is 0 Å². The minimum absolute atomic E-state index is 0.148. The van der Waals surface area contributed by atoms with Crippen molar-refractivity contribution in [2.45, 2.75) is 13.8 Å². The lowest BCUT2D eigenvalue weighted by molar-refractivity contribution is 0.0962. The maximum absolute atomic E-state index is 12.1. The number of anilines is 1. The highest BCUT2D eigenvalue weighted by molar-refractivity contribution is 6.35.